The zero-order valence-electron chi connectivity index (χ0n) is 15.7. The average Bonchev–Trinajstić information content (AvgIpc) is 3.43. The number of carbonyl (C=O) groups excluding carboxylic acids is 1. The Morgan fingerprint density at radius 1 is 1.18 bits per heavy atom. The van der Waals surface area contributed by atoms with E-state index in [2.05, 4.69) is 22.1 Å². The molecule has 1 aromatic carbocycles. The van der Waals surface area contributed by atoms with E-state index in [1.165, 1.54) is 30.8 Å². The minimum absolute atomic E-state index is 0.00373. The summed E-state index contributed by atoms with van der Waals surface area (Å²) >= 11 is 2.06. The molecule has 1 saturated carbocycles. The van der Waals surface area contributed by atoms with Crippen molar-refractivity contribution in [2.24, 2.45) is 11.3 Å². The van der Waals surface area contributed by atoms with E-state index in [9.17, 15) is 4.79 Å². The van der Waals surface area contributed by atoms with Crippen molar-refractivity contribution in [1.82, 2.24) is 15.3 Å². The summed E-state index contributed by atoms with van der Waals surface area (Å²) in [7, 11) is 0. The van der Waals surface area contributed by atoms with Crippen LogP contribution in [0.15, 0.2) is 54.9 Å². The number of hydrogen-bond donors (Lipinski definition) is 1. The van der Waals surface area contributed by atoms with Gasteiger partial charge in [-0.15, -0.1) is 0 Å². The Labute approximate surface area is 169 Å². The van der Waals surface area contributed by atoms with Gasteiger partial charge in [0, 0.05) is 29.9 Å². The molecule has 3 aromatic rings. The first-order valence-corrected chi connectivity index (χ1v) is 11.1. The Hall–Kier alpha value is -2.40. The van der Waals surface area contributed by atoms with Gasteiger partial charge in [0.05, 0.1) is 16.8 Å². The number of aromatic nitrogens is 2. The molecule has 1 unspecified atom stereocenters. The maximum absolute atomic E-state index is 13.1. The highest BCUT2D eigenvalue weighted by atomic mass is 32.2. The topological polar surface area (TPSA) is 54.9 Å². The van der Waals surface area contributed by atoms with Gasteiger partial charge in [-0.3, -0.25) is 9.78 Å². The number of amides is 1. The van der Waals surface area contributed by atoms with Gasteiger partial charge in [-0.05, 0) is 66.4 Å². The molecule has 28 heavy (non-hydrogen) atoms. The first-order valence-electron chi connectivity index (χ1n) is 9.91. The van der Waals surface area contributed by atoms with E-state index in [-0.39, 0.29) is 5.91 Å². The largest absolute Gasteiger partial charge is 0.352 e. The molecule has 3 heterocycles. The lowest BCUT2D eigenvalue weighted by Crippen LogP contribution is -2.28. The van der Waals surface area contributed by atoms with Crippen LogP contribution < -0.4 is 5.32 Å². The lowest BCUT2D eigenvalue weighted by atomic mass is 9.96. The maximum atomic E-state index is 13.1. The zero-order chi connectivity index (χ0) is 19.0. The summed E-state index contributed by atoms with van der Waals surface area (Å²) in [5.74, 6) is 3.18. The lowest BCUT2D eigenvalue weighted by molar-refractivity contribution is 0.0951. The van der Waals surface area contributed by atoms with Crippen LogP contribution in [-0.4, -0.2) is 33.9 Å². The molecule has 0 radical (unpaired) electrons. The summed E-state index contributed by atoms with van der Waals surface area (Å²) in [6.45, 7) is 0.780. The number of benzene rings is 1. The summed E-state index contributed by atoms with van der Waals surface area (Å²) in [6.07, 6.45) is 7.41. The van der Waals surface area contributed by atoms with Crippen molar-refractivity contribution < 1.29 is 4.79 Å². The SMILES string of the molecule is O=C(NCC1CC12CCSCC2)c1cc(-c2cccnc2)nc2ccccc12. The number of pyridine rings is 2. The molecular weight excluding hydrogens is 366 g/mol. The van der Waals surface area contributed by atoms with E-state index in [1.54, 1.807) is 12.4 Å². The Balaban J connectivity index is 1.40. The predicted molar refractivity (Wildman–Crippen MR) is 114 cm³/mol. The first kappa shape index (κ1) is 17.7. The Morgan fingerprint density at radius 2 is 2.04 bits per heavy atom. The first-order chi connectivity index (χ1) is 13.8. The molecule has 1 aliphatic heterocycles. The van der Waals surface area contributed by atoms with Crippen molar-refractivity contribution in [3.05, 3.63) is 60.4 Å². The van der Waals surface area contributed by atoms with Crippen molar-refractivity contribution in [3.8, 4) is 11.3 Å². The minimum atomic E-state index is -0.00373. The van der Waals surface area contributed by atoms with Gasteiger partial charge in [0.2, 0.25) is 0 Å². The molecular formula is C23H23N3OS. The number of para-hydroxylation sites is 1. The fourth-order valence-corrected chi connectivity index (χ4v) is 5.75. The van der Waals surface area contributed by atoms with Crippen LogP contribution in [0.5, 0.6) is 0 Å². The highest BCUT2D eigenvalue weighted by Gasteiger charge is 2.53. The smallest absolute Gasteiger partial charge is 0.252 e. The van der Waals surface area contributed by atoms with Crippen LogP contribution in [0.3, 0.4) is 0 Å². The third-order valence-corrected chi connectivity index (χ3v) is 7.26. The quantitative estimate of drug-likeness (QED) is 0.711. The maximum Gasteiger partial charge on any atom is 0.252 e. The Morgan fingerprint density at radius 3 is 2.86 bits per heavy atom. The van der Waals surface area contributed by atoms with Gasteiger partial charge < -0.3 is 5.32 Å². The highest BCUT2D eigenvalue weighted by Crippen LogP contribution is 2.60. The van der Waals surface area contributed by atoms with Crippen molar-refractivity contribution in [2.75, 3.05) is 18.1 Å². The molecule has 1 amide bonds. The molecule has 4 nitrogen and oxygen atoms in total. The van der Waals surface area contributed by atoms with Crippen LogP contribution in [0.1, 0.15) is 29.6 Å². The molecule has 2 aromatic heterocycles. The molecule has 1 atom stereocenters. The molecule has 1 N–H and O–H groups in total. The minimum Gasteiger partial charge on any atom is -0.352 e. The molecule has 142 valence electrons. The fourth-order valence-electron chi connectivity index (χ4n) is 4.45. The van der Waals surface area contributed by atoms with E-state index < -0.39 is 0 Å². The molecule has 1 spiro atoms. The van der Waals surface area contributed by atoms with Crippen LogP contribution in [0.2, 0.25) is 0 Å². The van der Waals surface area contributed by atoms with Gasteiger partial charge in [-0.25, -0.2) is 4.98 Å². The number of thioether (sulfide) groups is 1. The Bertz CT molecular complexity index is 1010. The monoisotopic (exact) mass is 389 g/mol. The number of hydrogen-bond acceptors (Lipinski definition) is 4. The predicted octanol–water partition coefficient (Wildman–Crippen LogP) is 4.56. The summed E-state index contributed by atoms with van der Waals surface area (Å²) in [4.78, 5) is 22.0. The molecule has 5 heteroatoms. The van der Waals surface area contributed by atoms with E-state index in [0.29, 0.717) is 16.9 Å². The molecule has 2 fully saturated rings. The number of carbonyl (C=O) groups is 1. The normalized spacial score (nSPS) is 20.2. The number of nitrogens with zero attached hydrogens (tertiary/aromatic N) is 2. The standard InChI is InChI=1S/C23H23N3OS/c27-22(25-15-17-13-23(17)7-10-28-11-8-23)19-12-21(16-4-3-9-24-14-16)26-20-6-2-1-5-18(19)20/h1-6,9,12,14,17H,7-8,10-11,13,15H2,(H,25,27). The number of nitrogens with one attached hydrogen (secondary N) is 1. The van der Waals surface area contributed by atoms with E-state index >= 15 is 0 Å². The van der Waals surface area contributed by atoms with E-state index in [0.717, 1.165) is 28.7 Å². The second-order valence-electron chi connectivity index (χ2n) is 7.90. The molecule has 5 rings (SSSR count). The second kappa shape index (κ2) is 7.21. The van der Waals surface area contributed by atoms with Crippen LogP contribution in [0, 0.1) is 11.3 Å². The van der Waals surface area contributed by atoms with Crippen molar-refractivity contribution >= 4 is 28.6 Å². The van der Waals surface area contributed by atoms with Gasteiger partial charge in [0.25, 0.3) is 5.91 Å². The van der Waals surface area contributed by atoms with Crippen LogP contribution >= 0.6 is 11.8 Å². The van der Waals surface area contributed by atoms with Gasteiger partial charge in [-0.1, -0.05) is 18.2 Å². The van der Waals surface area contributed by atoms with E-state index in [1.807, 2.05) is 42.5 Å². The fraction of sp³-hybridized carbons (Fsp3) is 0.348. The average molecular weight is 390 g/mol. The molecule has 2 aliphatic rings. The van der Waals surface area contributed by atoms with Gasteiger partial charge in [0.15, 0.2) is 0 Å². The molecule has 1 aliphatic carbocycles. The second-order valence-corrected chi connectivity index (χ2v) is 9.12. The van der Waals surface area contributed by atoms with Gasteiger partial charge >= 0.3 is 0 Å². The number of fused-ring (bicyclic) bond motifs is 1. The van der Waals surface area contributed by atoms with E-state index in [4.69, 9.17) is 4.98 Å². The summed E-state index contributed by atoms with van der Waals surface area (Å²) in [5.41, 5.74) is 3.74. The molecule has 0 bridgehead atoms. The summed E-state index contributed by atoms with van der Waals surface area (Å²) in [5, 5.41) is 4.11. The van der Waals surface area contributed by atoms with Crippen molar-refractivity contribution in [3.63, 3.8) is 0 Å². The Kier molecular flexibility index (Phi) is 4.55. The summed E-state index contributed by atoms with van der Waals surface area (Å²) < 4.78 is 0. The third-order valence-electron chi connectivity index (χ3n) is 6.27. The third kappa shape index (κ3) is 3.28. The zero-order valence-corrected chi connectivity index (χ0v) is 16.5. The molecule has 1 saturated heterocycles. The highest BCUT2D eigenvalue weighted by molar-refractivity contribution is 7.99. The van der Waals surface area contributed by atoms with Crippen LogP contribution in [-0.2, 0) is 0 Å². The van der Waals surface area contributed by atoms with Gasteiger partial charge in [-0.2, -0.15) is 11.8 Å². The van der Waals surface area contributed by atoms with Crippen molar-refractivity contribution in [2.45, 2.75) is 19.3 Å². The lowest BCUT2D eigenvalue weighted by Gasteiger charge is -2.22. The van der Waals surface area contributed by atoms with Crippen LogP contribution in [0.25, 0.3) is 22.2 Å². The summed E-state index contributed by atoms with van der Waals surface area (Å²) in [6, 6.07) is 13.6. The van der Waals surface area contributed by atoms with Gasteiger partial charge in [0.1, 0.15) is 0 Å². The van der Waals surface area contributed by atoms with Crippen LogP contribution in [0.4, 0.5) is 0 Å². The van der Waals surface area contributed by atoms with Crippen molar-refractivity contribution in [1.29, 1.82) is 0 Å². The number of rotatable bonds is 4.